The smallest absolute Gasteiger partial charge is 0.491 e. The highest BCUT2D eigenvalue weighted by molar-refractivity contribution is 6.62. The van der Waals surface area contributed by atoms with E-state index in [1.165, 1.54) is 0 Å². The van der Waals surface area contributed by atoms with Gasteiger partial charge in [-0.15, -0.1) is 0 Å². The first-order chi connectivity index (χ1) is 8.88. The van der Waals surface area contributed by atoms with E-state index in [1.807, 2.05) is 26.8 Å². The third-order valence-corrected chi connectivity index (χ3v) is 3.01. The van der Waals surface area contributed by atoms with Crippen molar-refractivity contribution in [1.29, 1.82) is 0 Å². The molecule has 1 aliphatic heterocycles. The third kappa shape index (κ3) is 2.90. The van der Waals surface area contributed by atoms with Crippen molar-refractivity contribution < 1.29 is 24.3 Å². The van der Waals surface area contributed by atoms with Crippen LogP contribution in [0.2, 0.25) is 0 Å². The molecule has 0 radical (unpaired) electrons. The van der Waals surface area contributed by atoms with Gasteiger partial charge in [-0.25, -0.2) is 0 Å². The van der Waals surface area contributed by atoms with E-state index in [1.54, 1.807) is 6.07 Å². The molecule has 1 aliphatic rings. The summed E-state index contributed by atoms with van der Waals surface area (Å²) in [5.74, 6) is -0.295. The van der Waals surface area contributed by atoms with Crippen molar-refractivity contribution in [2.75, 3.05) is 0 Å². The van der Waals surface area contributed by atoms with Crippen LogP contribution in [0.3, 0.4) is 0 Å². The lowest BCUT2D eigenvalue weighted by molar-refractivity contribution is -0.138. The number of benzene rings is 1. The fourth-order valence-corrected chi connectivity index (χ4v) is 2.38. The number of rotatable bonds is 4. The second kappa shape index (κ2) is 5.23. The van der Waals surface area contributed by atoms with E-state index in [0.717, 1.165) is 11.1 Å². The molecule has 0 saturated heterocycles. The van der Waals surface area contributed by atoms with Crippen LogP contribution in [-0.4, -0.2) is 29.3 Å². The van der Waals surface area contributed by atoms with Gasteiger partial charge in [0.2, 0.25) is 0 Å². The van der Waals surface area contributed by atoms with Crippen LogP contribution in [0.1, 0.15) is 37.5 Å². The lowest BCUT2D eigenvalue weighted by atomic mass is 9.77. The van der Waals surface area contributed by atoms with Crippen molar-refractivity contribution in [1.82, 2.24) is 0 Å². The Morgan fingerprint density at radius 1 is 1.53 bits per heavy atom. The first kappa shape index (κ1) is 13.9. The highest BCUT2D eigenvalue weighted by atomic mass is 16.5. The van der Waals surface area contributed by atoms with Gasteiger partial charge < -0.3 is 19.5 Å². The Morgan fingerprint density at radius 3 is 2.79 bits per heavy atom. The number of aryl methyl sites for hydroxylation is 1. The molecule has 1 aromatic carbocycles. The van der Waals surface area contributed by atoms with E-state index in [2.05, 4.69) is 0 Å². The summed E-state index contributed by atoms with van der Waals surface area (Å²) in [7, 11) is -1.09. The molecule has 0 fully saturated rings. The van der Waals surface area contributed by atoms with Gasteiger partial charge in [-0.05, 0) is 49.5 Å². The Balaban J connectivity index is 2.37. The molecule has 0 spiro atoms. The molecule has 1 heterocycles. The second-order valence-corrected chi connectivity index (χ2v) is 4.98. The van der Waals surface area contributed by atoms with Crippen LogP contribution in [0.15, 0.2) is 12.1 Å². The van der Waals surface area contributed by atoms with E-state index >= 15 is 0 Å². The van der Waals surface area contributed by atoms with Crippen LogP contribution in [0.5, 0.6) is 5.75 Å². The van der Waals surface area contributed by atoms with Crippen molar-refractivity contribution in [3.8, 4) is 5.75 Å². The van der Waals surface area contributed by atoms with Gasteiger partial charge in [-0.1, -0.05) is 0 Å². The monoisotopic (exact) mass is 264 g/mol. The maximum Gasteiger partial charge on any atom is 0.492 e. The summed E-state index contributed by atoms with van der Waals surface area (Å²) >= 11 is 0. The number of fused-ring (bicyclic) bond motifs is 1. The van der Waals surface area contributed by atoms with E-state index in [9.17, 15) is 9.82 Å². The molecule has 1 atom stereocenters. The van der Waals surface area contributed by atoms with Gasteiger partial charge >= 0.3 is 13.1 Å². The number of carboxylic acids is 1. The Hall–Kier alpha value is -1.53. The Bertz CT molecular complexity index is 500. The predicted molar refractivity (Wildman–Crippen MR) is 70.6 cm³/mol. The minimum absolute atomic E-state index is 0.0340. The van der Waals surface area contributed by atoms with Crippen molar-refractivity contribution in [3.05, 3.63) is 23.3 Å². The van der Waals surface area contributed by atoms with Crippen LogP contribution in [0.4, 0.5) is 0 Å². The molecular weight excluding hydrogens is 247 g/mol. The number of carbonyl (C=O) groups is 1. The highest BCUT2D eigenvalue weighted by Crippen LogP contribution is 2.31. The normalized spacial score (nSPS) is 17.7. The molecule has 0 saturated carbocycles. The fourth-order valence-electron chi connectivity index (χ4n) is 2.38. The van der Waals surface area contributed by atoms with Crippen LogP contribution in [0, 0.1) is 6.92 Å². The first-order valence-corrected chi connectivity index (χ1v) is 6.25. The molecule has 6 heteroatoms. The van der Waals surface area contributed by atoms with E-state index in [4.69, 9.17) is 14.5 Å². The number of carboxylic acid groups (broad SMARTS) is 1. The molecule has 1 aromatic rings. The summed E-state index contributed by atoms with van der Waals surface area (Å²) < 4.78 is 10.9. The van der Waals surface area contributed by atoms with Crippen LogP contribution < -0.4 is 10.2 Å². The van der Waals surface area contributed by atoms with Gasteiger partial charge in [-0.2, -0.15) is 0 Å². The molecule has 2 rings (SSSR count). The average molecular weight is 264 g/mol. The van der Waals surface area contributed by atoms with Crippen LogP contribution >= 0.6 is 0 Å². The van der Waals surface area contributed by atoms with Crippen molar-refractivity contribution in [3.63, 3.8) is 0 Å². The predicted octanol–water partition coefficient (Wildman–Crippen LogP) is 1.02. The quantitative estimate of drug-likeness (QED) is 0.794. The zero-order chi connectivity index (χ0) is 14.2. The summed E-state index contributed by atoms with van der Waals surface area (Å²) in [5, 5.41) is 18.7. The molecule has 0 aliphatic carbocycles. The second-order valence-electron chi connectivity index (χ2n) is 4.98. The van der Waals surface area contributed by atoms with Gasteiger partial charge in [-0.3, -0.25) is 4.79 Å². The Labute approximate surface area is 112 Å². The lowest BCUT2D eigenvalue weighted by Crippen LogP contribution is -2.28. The number of hydrogen-bond donors (Lipinski definition) is 2. The maximum atomic E-state index is 10.8. The molecule has 2 N–H and O–H groups in total. The van der Waals surface area contributed by atoms with E-state index in [0.29, 0.717) is 11.2 Å². The maximum absolute atomic E-state index is 10.8. The largest absolute Gasteiger partial charge is 0.492 e. The Morgan fingerprint density at radius 2 is 2.21 bits per heavy atom. The van der Waals surface area contributed by atoms with Crippen molar-refractivity contribution in [2.45, 2.75) is 39.4 Å². The average Bonchev–Trinajstić information content (AvgIpc) is 2.54. The molecule has 0 bridgehead atoms. The van der Waals surface area contributed by atoms with Gasteiger partial charge in [0, 0.05) is 0 Å². The highest BCUT2D eigenvalue weighted by Gasteiger charge is 2.37. The summed E-state index contributed by atoms with van der Waals surface area (Å²) in [6.45, 7) is 5.70. The molecule has 5 nitrogen and oxygen atoms in total. The van der Waals surface area contributed by atoms with Gasteiger partial charge in [0.15, 0.2) is 0 Å². The lowest BCUT2D eigenvalue weighted by Gasteiger charge is -2.15. The fraction of sp³-hybridized carbons (Fsp3) is 0.462. The molecule has 102 valence electrons. The van der Waals surface area contributed by atoms with E-state index < -0.39 is 19.2 Å². The van der Waals surface area contributed by atoms with Crippen LogP contribution in [-0.2, 0) is 9.45 Å². The number of hydrogen-bond acceptors (Lipinski definition) is 4. The standard InChI is InChI=1S/C13H17BO5/c1-7(2)18-9-4-8(3)13-10(5-9)14(17)19-11(13)6-12(15)16/h4-5,7,11,17H,6H2,1-3H3,(H,15,16). The SMILES string of the molecule is Cc1cc(OC(C)C)cc2c1C(CC(=O)O)OB2O. The number of ether oxygens (including phenoxy) is 1. The molecule has 0 aromatic heterocycles. The van der Waals surface area contributed by atoms with Gasteiger partial charge in [0.1, 0.15) is 5.75 Å². The minimum atomic E-state index is -1.09. The Kier molecular flexibility index (Phi) is 3.82. The van der Waals surface area contributed by atoms with Crippen molar-refractivity contribution >= 4 is 18.6 Å². The van der Waals surface area contributed by atoms with Gasteiger partial charge in [0.05, 0.1) is 18.6 Å². The minimum Gasteiger partial charge on any atom is -0.491 e. The van der Waals surface area contributed by atoms with Crippen molar-refractivity contribution in [2.24, 2.45) is 0 Å². The molecule has 1 unspecified atom stereocenters. The number of aliphatic carboxylic acids is 1. The molecular formula is C13H17BO5. The zero-order valence-corrected chi connectivity index (χ0v) is 11.2. The van der Waals surface area contributed by atoms with Gasteiger partial charge in [0.25, 0.3) is 0 Å². The molecule has 0 amide bonds. The summed E-state index contributed by atoms with van der Waals surface area (Å²) in [6.07, 6.45) is -0.725. The third-order valence-electron chi connectivity index (χ3n) is 3.01. The van der Waals surface area contributed by atoms with Crippen LogP contribution in [0.25, 0.3) is 0 Å². The summed E-state index contributed by atoms with van der Waals surface area (Å²) in [4.78, 5) is 10.8. The topological polar surface area (TPSA) is 76.0 Å². The summed E-state index contributed by atoms with van der Waals surface area (Å²) in [5.41, 5.74) is 2.23. The molecule has 19 heavy (non-hydrogen) atoms. The zero-order valence-electron chi connectivity index (χ0n) is 11.2. The first-order valence-electron chi connectivity index (χ1n) is 6.25. The summed E-state index contributed by atoms with van der Waals surface area (Å²) in [6, 6.07) is 3.56. The van der Waals surface area contributed by atoms with E-state index in [-0.39, 0.29) is 12.5 Å².